The summed E-state index contributed by atoms with van der Waals surface area (Å²) in [6, 6.07) is 11.8. The molecule has 24 heavy (non-hydrogen) atoms. The van der Waals surface area contributed by atoms with Crippen LogP contribution in [0.25, 0.3) is 0 Å². The second-order valence-corrected chi connectivity index (χ2v) is 6.09. The van der Waals surface area contributed by atoms with E-state index in [-0.39, 0.29) is 17.9 Å². The molecule has 3 rings (SSSR count). The zero-order chi connectivity index (χ0) is 16.9. The molecule has 1 aliphatic rings. The van der Waals surface area contributed by atoms with Gasteiger partial charge in [0.05, 0.1) is 12.3 Å². The van der Waals surface area contributed by atoms with E-state index in [1.807, 2.05) is 24.1 Å². The minimum absolute atomic E-state index is 0.115. The number of nitrogens with one attached hydrogen (secondary N) is 1. The van der Waals surface area contributed by atoms with Crippen LogP contribution in [0.3, 0.4) is 0 Å². The van der Waals surface area contributed by atoms with Gasteiger partial charge in [-0.3, -0.25) is 9.59 Å². The lowest BCUT2D eigenvalue weighted by Crippen LogP contribution is -2.31. The van der Waals surface area contributed by atoms with Gasteiger partial charge in [0.25, 0.3) is 5.91 Å². The second-order valence-electron chi connectivity index (χ2n) is 6.09. The Kier molecular flexibility index (Phi) is 4.99. The zero-order valence-electron chi connectivity index (χ0n) is 13.8. The van der Waals surface area contributed by atoms with Gasteiger partial charge >= 0.3 is 0 Å². The highest BCUT2D eigenvalue weighted by Crippen LogP contribution is 2.35. The third kappa shape index (κ3) is 3.50. The summed E-state index contributed by atoms with van der Waals surface area (Å²) in [5.74, 6) is 0.162. The quantitative estimate of drug-likeness (QED) is 0.830. The van der Waals surface area contributed by atoms with Gasteiger partial charge in [0.15, 0.2) is 5.76 Å². The number of hydrogen-bond acceptors (Lipinski definition) is 3. The average molecular weight is 326 g/mol. The maximum atomic E-state index is 12.4. The Morgan fingerprint density at radius 3 is 2.88 bits per heavy atom. The molecule has 0 fully saturated rings. The minimum Gasteiger partial charge on any atom is -0.459 e. The number of furan rings is 1. The van der Waals surface area contributed by atoms with Gasteiger partial charge in [-0.15, -0.1) is 0 Å². The van der Waals surface area contributed by atoms with Crippen molar-refractivity contribution in [1.29, 1.82) is 0 Å². The van der Waals surface area contributed by atoms with E-state index in [0.29, 0.717) is 25.1 Å². The molecule has 0 saturated heterocycles. The van der Waals surface area contributed by atoms with Crippen molar-refractivity contribution in [1.82, 2.24) is 10.2 Å². The molecule has 1 N–H and O–H groups in total. The second kappa shape index (κ2) is 7.34. The Morgan fingerprint density at radius 2 is 2.08 bits per heavy atom. The molecule has 2 amide bonds. The van der Waals surface area contributed by atoms with Crippen LogP contribution < -0.4 is 5.32 Å². The van der Waals surface area contributed by atoms with Gasteiger partial charge in [-0.1, -0.05) is 24.3 Å². The lowest BCUT2D eigenvalue weighted by Gasteiger charge is -2.25. The van der Waals surface area contributed by atoms with E-state index in [1.54, 1.807) is 12.1 Å². The van der Waals surface area contributed by atoms with Gasteiger partial charge in [-0.2, -0.15) is 0 Å². The first-order valence-electron chi connectivity index (χ1n) is 8.32. The molecule has 0 radical (unpaired) electrons. The monoisotopic (exact) mass is 326 g/mol. The third-order valence-corrected chi connectivity index (χ3v) is 4.56. The van der Waals surface area contributed by atoms with Crippen molar-refractivity contribution in [3.8, 4) is 0 Å². The topological polar surface area (TPSA) is 62.6 Å². The Hall–Kier alpha value is -2.56. The minimum atomic E-state index is -0.245. The van der Waals surface area contributed by atoms with Crippen LogP contribution in [0.5, 0.6) is 0 Å². The number of hydrogen-bond donors (Lipinski definition) is 1. The molecule has 0 saturated carbocycles. The Balaban J connectivity index is 1.45. The van der Waals surface area contributed by atoms with Crippen LogP contribution in [-0.2, 0) is 11.2 Å². The number of carbonyl (C=O) groups excluding carboxylic acids is 2. The standard InChI is InChI=1S/C19H22N2O3/c1-21(16-11-10-14-6-2-3-7-15(14)16)18(22)9-4-12-20-19(23)17-8-5-13-24-17/h2-3,5-8,13,16H,4,9-12H2,1H3,(H,20,23). The third-order valence-electron chi connectivity index (χ3n) is 4.56. The van der Waals surface area contributed by atoms with E-state index in [2.05, 4.69) is 17.4 Å². The Bertz CT molecular complexity index is 709. The van der Waals surface area contributed by atoms with Crippen molar-refractivity contribution in [2.75, 3.05) is 13.6 Å². The van der Waals surface area contributed by atoms with Gasteiger partial charge in [-0.05, 0) is 42.5 Å². The number of benzene rings is 1. The van der Waals surface area contributed by atoms with Gasteiger partial charge < -0.3 is 14.6 Å². The molecule has 1 aromatic carbocycles. The van der Waals surface area contributed by atoms with Gasteiger partial charge in [0.1, 0.15) is 0 Å². The first-order chi connectivity index (χ1) is 11.7. The fourth-order valence-corrected chi connectivity index (χ4v) is 3.22. The SMILES string of the molecule is CN(C(=O)CCCNC(=O)c1ccco1)C1CCc2ccccc21. The number of rotatable bonds is 6. The molecule has 1 atom stereocenters. The van der Waals surface area contributed by atoms with Gasteiger partial charge in [0.2, 0.25) is 5.91 Å². The van der Waals surface area contributed by atoms with Crippen LogP contribution >= 0.6 is 0 Å². The van der Waals surface area contributed by atoms with Crippen molar-refractivity contribution in [3.05, 3.63) is 59.5 Å². The van der Waals surface area contributed by atoms with Crippen molar-refractivity contribution >= 4 is 11.8 Å². The van der Waals surface area contributed by atoms with Gasteiger partial charge in [0, 0.05) is 20.0 Å². The smallest absolute Gasteiger partial charge is 0.286 e. The summed E-state index contributed by atoms with van der Waals surface area (Å²) >= 11 is 0. The molecule has 5 heteroatoms. The lowest BCUT2D eigenvalue weighted by atomic mass is 10.1. The number of carbonyl (C=O) groups is 2. The molecule has 1 aromatic heterocycles. The van der Waals surface area contributed by atoms with E-state index in [9.17, 15) is 9.59 Å². The summed E-state index contributed by atoms with van der Waals surface area (Å²) in [5.41, 5.74) is 2.60. The molecular weight excluding hydrogens is 304 g/mol. The van der Waals surface area contributed by atoms with Crippen LogP contribution in [-0.4, -0.2) is 30.3 Å². The molecule has 126 valence electrons. The Morgan fingerprint density at radius 1 is 1.25 bits per heavy atom. The number of nitrogens with zero attached hydrogens (tertiary/aromatic N) is 1. The highest BCUT2D eigenvalue weighted by Gasteiger charge is 2.27. The summed E-state index contributed by atoms with van der Waals surface area (Å²) in [5, 5.41) is 2.76. The molecule has 2 aromatic rings. The molecule has 0 bridgehead atoms. The highest BCUT2D eigenvalue weighted by atomic mass is 16.3. The molecule has 0 spiro atoms. The largest absolute Gasteiger partial charge is 0.459 e. The number of aryl methyl sites for hydroxylation is 1. The predicted octanol–water partition coefficient (Wildman–Crippen LogP) is 2.94. The molecule has 1 heterocycles. The normalized spacial score (nSPS) is 15.8. The van der Waals surface area contributed by atoms with Crippen molar-refractivity contribution in [3.63, 3.8) is 0 Å². The molecule has 1 unspecified atom stereocenters. The predicted molar refractivity (Wildman–Crippen MR) is 90.5 cm³/mol. The van der Waals surface area contributed by atoms with Crippen LogP contribution in [0.4, 0.5) is 0 Å². The van der Waals surface area contributed by atoms with Crippen molar-refractivity contribution < 1.29 is 14.0 Å². The first kappa shape index (κ1) is 16.3. The zero-order valence-corrected chi connectivity index (χ0v) is 13.8. The van der Waals surface area contributed by atoms with Crippen molar-refractivity contribution in [2.24, 2.45) is 0 Å². The summed E-state index contributed by atoms with van der Waals surface area (Å²) < 4.78 is 5.03. The fourth-order valence-electron chi connectivity index (χ4n) is 3.22. The first-order valence-corrected chi connectivity index (χ1v) is 8.32. The van der Waals surface area contributed by atoms with Crippen molar-refractivity contribution in [2.45, 2.75) is 31.7 Å². The van der Waals surface area contributed by atoms with E-state index in [4.69, 9.17) is 4.42 Å². The maximum Gasteiger partial charge on any atom is 0.286 e. The van der Waals surface area contributed by atoms with E-state index >= 15 is 0 Å². The van der Waals surface area contributed by atoms with Gasteiger partial charge in [-0.25, -0.2) is 0 Å². The molecule has 0 aliphatic heterocycles. The lowest BCUT2D eigenvalue weighted by molar-refractivity contribution is -0.132. The molecular formula is C19H22N2O3. The van der Waals surface area contributed by atoms with E-state index in [1.165, 1.54) is 17.4 Å². The summed E-state index contributed by atoms with van der Waals surface area (Å²) in [4.78, 5) is 26.0. The van der Waals surface area contributed by atoms with E-state index in [0.717, 1.165) is 12.8 Å². The van der Waals surface area contributed by atoms with Crippen LogP contribution in [0.1, 0.15) is 47.0 Å². The average Bonchev–Trinajstić information content (AvgIpc) is 3.27. The van der Waals surface area contributed by atoms with Crippen LogP contribution in [0.2, 0.25) is 0 Å². The maximum absolute atomic E-state index is 12.4. The molecule has 1 aliphatic carbocycles. The van der Waals surface area contributed by atoms with E-state index < -0.39 is 0 Å². The molecule has 5 nitrogen and oxygen atoms in total. The number of amides is 2. The van der Waals surface area contributed by atoms with Crippen LogP contribution in [0, 0.1) is 0 Å². The summed E-state index contributed by atoms with van der Waals surface area (Å²) in [6.45, 7) is 0.459. The highest BCUT2D eigenvalue weighted by molar-refractivity contribution is 5.91. The summed E-state index contributed by atoms with van der Waals surface area (Å²) in [7, 11) is 1.87. The number of fused-ring (bicyclic) bond motifs is 1. The van der Waals surface area contributed by atoms with Crippen LogP contribution in [0.15, 0.2) is 47.1 Å². The Labute approximate surface area is 141 Å². The fraction of sp³-hybridized carbons (Fsp3) is 0.368. The summed E-state index contributed by atoms with van der Waals surface area (Å²) in [6.07, 6.45) is 4.51.